The highest BCUT2D eigenvalue weighted by atomic mass is 16.6. The Kier molecular flexibility index (Phi) is 4.33. The summed E-state index contributed by atoms with van der Waals surface area (Å²) < 4.78 is 5.40. The topological polar surface area (TPSA) is 74.8 Å². The van der Waals surface area contributed by atoms with Crippen molar-refractivity contribution >= 4 is 17.8 Å². The van der Waals surface area contributed by atoms with E-state index in [1.807, 2.05) is 18.3 Å². The minimum Gasteiger partial charge on any atom is -0.442 e. The number of ether oxygens (including phenoxy) is 1. The Morgan fingerprint density at radius 1 is 1.38 bits per heavy atom. The van der Waals surface area contributed by atoms with Gasteiger partial charge >= 0.3 is 6.09 Å². The van der Waals surface area contributed by atoms with E-state index >= 15 is 0 Å². The van der Waals surface area contributed by atoms with Gasteiger partial charge in [-0.25, -0.2) is 9.78 Å². The Hall–Kier alpha value is -2.83. The molecule has 3 fully saturated rings. The lowest BCUT2D eigenvalue weighted by molar-refractivity contribution is -0.119. The number of hydrogen-bond acceptors (Lipinski definition) is 5. The molecule has 7 heteroatoms. The van der Waals surface area contributed by atoms with Crippen molar-refractivity contribution in [2.75, 3.05) is 31.1 Å². The molecule has 7 nitrogen and oxygen atoms in total. The highest BCUT2D eigenvalue weighted by Gasteiger charge is 2.61. The van der Waals surface area contributed by atoms with Crippen LogP contribution in [-0.2, 0) is 9.53 Å². The second-order valence-electron chi connectivity index (χ2n) is 8.54. The fourth-order valence-electron chi connectivity index (χ4n) is 5.03. The monoisotopic (exact) mass is 394 g/mol. The maximum Gasteiger partial charge on any atom is 0.410 e. The van der Waals surface area contributed by atoms with Gasteiger partial charge in [-0.15, -0.1) is 0 Å². The summed E-state index contributed by atoms with van der Waals surface area (Å²) in [6.07, 6.45) is 9.99. The zero-order valence-corrected chi connectivity index (χ0v) is 16.6. The van der Waals surface area contributed by atoms with E-state index in [-0.39, 0.29) is 29.6 Å². The largest absolute Gasteiger partial charge is 0.442 e. The molecule has 29 heavy (non-hydrogen) atoms. The van der Waals surface area contributed by atoms with Crippen LogP contribution < -0.4 is 10.2 Å². The summed E-state index contributed by atoms with van der Waals surface area (Å²) in [7, 11) is 0. The summed E-state index contributed by atoms with van der Waals surface area (Å²) in [5, 5.41) is 2.72. The number of nitrogens with one attached hydrogen (secondary N) is 1. The van der Waals surface area contributed by atoms with Gasteiger partial charge in [0.1, 0.15) is 11.9 Å². The number of rotatable bonds is 5. The number of carbonyl (C=O) groups excluding carboxylic acids is 2. The first-order chi connectivity index (χ1) is 14.0. The van der Waals surface area contributed by atoms with Crippen LogP contribution in [0.2, 0.25) is 0 Å². The number of amides is 2. The summed E-state index contributed by atoms with van der Waals surface area (Å²) in [5.41, 5.74) is 1.65. The SMILES string of the molecule is CC(=O)NC[C@H]1CN(C2C=CC([C@@]34C[C@@H]3CN(c3ccccn3)C4)=CC2)C(=O)O1. The number of hydrogen-bond donors (Lipinski definition) is 1. The molecule has 2 amide bonds. The van der Waals surface area contributed by atoms with Crippen molar-refractivity contribution in [2.24, 2.45) is 11.3 Å². The molecule has 4 aliphatic rings. The molecule has 4 atom stereocenters. The second-order valence-corrected chi connectivity index (χ2v) is 8.54. The molecule has 1 saturated carbocycles. The number of cyclic esters (lactones) is 1. The Balaban J connectivity index is 1.21. The van der Waals surface area contributed by atoms with Crippen LogP contribution in [0.15, 0.2) is 48.2 Å². The van der Waals surface area contributed by atoms with Crippen LogP contribution in [0, 0.1) is 11.3 Å². The van der Waals surface area contributed by atoms with Crippen LogP contribution in [0.4, 0.5) is 10.6 Å². The third kappa shape index (κ3) is 3.28. The van der Waals surface area contributed by atoms with Crippen molar-refractivity contribution in [1.82, 2.24) is 15.2 Å². The van der Waals surface area contributed by atoms with Crippen LogP contribution in [0.1, 0.15) is 19.8 Å². The average molecular weight is 394 g/mol. The van der Waals surface area contributed by atoms with Crippen LogP contribution in [-0.4, -0.2) is 60.2 Å². The van der Waals surface area contributed by atoms with Gasteiger partial charge in [0, 0.05) is 31.6 Å². The van der Waals surface area contributed by atoms with E-state index in [2.05, 4.69) is 39.5 Å². The highest BCUT2D eigenvalue weighted by Crippen LogP contribution is 2.63. The molecule has 1 N–H and O–H groups in total. The van der Waals surface area contributed by atoms with Crippen molar-refractivity contribution in [3.05, 3.63) is 48.2 Å². The predicted molar refractivity (Wildman–Crippen MR) is 108 cm³/mol. The maximum absolute atomic E-state index is 12.3. The summed E-state index contributed by atoms with van der Waals surface area (Å²) in [6.45, 7) is 4.42. The number of aromatic nitrogens is 1. The Labute approximate surface area is 170 Å². The van der Waals surface area contributed by atoms with Crippen molar-refractivity contribution < 1.29 is 14.3 Å². The van der Waals surface area contributed by atoms with E-state index < -0.39 is 0 Å². The summed E-state index contributed by atoms with van der Waals surface area (Å²) in [4.78, 5) is 32.0. The number of anilines is 1. The third-order valence-electron chi connectivity index (χ3n) is 6.65. The van der Waals surface area contributed by atoms with E-state index in [9.17, 15) is 9.59 Å². The quantitative estimate of drug-likeness (QED) is 0.828. The third-order valence-corrected chi connectivity index (χ3v) is 6.65. The molecule has 3 heterocycles. The number of allylic oxidation sites excluding steroid dienone is 1. The molecular weight excluding hydrogens is 368 g/mol. The van der Waals surface area contributed by atoms with Gasteiger partial charge in [0.25, 0.3) is 0 Å². The molecule has 2 aliphatic heterocycles. The minimum atomic E-state index is -0.295. The van der Waals surface area contributed by atoms with Gasteiger partial charge in [-0.05, 0) is 36.5 Å². The Morgan fingerprint density at radius 2 is 2.28 bits per heavy atom. The lowest BCUT2D eigenvalue weighted by Gasteiger charge is -2.28. The van der Waals surface area contributed by atoms with E-state index in [0.717, 1.165) is 25.3 Å². The molecule has 1 unspecified atom stereocenters. The number of fused-ring (bicyclic) bond motifs is 1. The standard InChI is InChI=1S/C22H26N4O3/c1-15(27)24-11-19-13-26(21(28)29-19)18-7-5-16(6-8-18)22-10-17(22)12-25(14-22)20-4-2-3-9-23-20/h2-7,9,17-19H,8,10-14H2,1H3,(H,24,27)/t17-,18?,19+,22+/m1/s1. The fourth-order valence-corrected chi connectivity index (χ4v) is 5.03. The van der Waals surface area contributed by atoms with Gasteiger partial charge < -0.3 is 15.0 Å². The van der Waals surface area contributed by atoms with E-state index in [0.29, 0.717) is 19.0 Å². The molecule has 2 aliphatic carbocycles. The first-order valence-corrected chi connectivity index (χ1v) is 10.3. The molecule has 0 aromatic carbocycles. The number of pyridine rings is 1. The van der Waals surface area contributed by atoms with Crippen LogP contribution in [0.3, 0.4) is 0 Å². The van der Waals surface area contributed by atoms with E-state index in [4.69, 9.17) is 4.74 Å². The Bertz CT molecular complexity index is 883. The lowest BCUT2D eigenvalue weighted by Crippen LogP contribution is -2.38. The van der Waals surface area contributed by atoms with Gasteiger partial charge in [-0.1, -0.05) is 24.3 Å². The molecule has 0 bridgehead atoms. The van der Waals surface area contributed by atoms with Crippen LogP contribution >= 0.6 is 0 Å². The van der Waals surface area contributed by atoms with Crippen LogP contribution in [0.25, 0.3) is 0 Å². The van der Waals surface area contributed by atoms with Crippen molar-refractivity contribution in [3.63, 3.8) is 0 Å². The van der Waals surface area contributed by atoms with Crippen molar-refractivity contribution in [2.45, 2.75) is 31.9 Å². The molecule has 1 aromatic rings. The first kappa shape index (κ1) is 18.2. The predicted octanol–water partition coefficient (Wildman–Crippen LogP) is 2.12. The fraction of sp³-hybridized carbons (Fsp3) is 0.500. The normalized spacial score (nSPS) is 32.7. The van der Waals surface area contributed by atoms with Crippen molar-refractivity contribution in [1.29, 1.82) is 0 Å². The van der Waals surface area contributed by atoms with Gasteiger partial charge in [0.15, 0.2) is 0 Å². The van der Waals surface area contributed by atoms with Gasteiger partial charge in [0.2, 0.25) is 5.91 Å². The first-order valence-electron chi connectivity index (χ1n) is 10.3. The van der Waals surface area contributed by atoms with Gasteiger partial charge in [-0.2, -0.15) is 0 Å². The van der Waals surface area contributed by atoms with Crippen LogP contribution in [0.5, 0.6) is 0 Å². The molecular formula is C22H26N4O3. The molecule has 0 radical (unpaired) electrons. The highest BCUT2D eigenvalue weighted by molar-refractivity contribution is 5.73. The smallest absolute Gasteiger partial charge is 0.410 e. The summed E-state index contributed by atoms with van der Waals surface area (Å²) in [6, 6.07) is 6.09. The van der Waals surface area contributed by atoms with Gasteiger partial charge in [0.05, 0.1) is 19.1 Å². The number of piperidine rings is 1. The number of nitrogens with zero attached hydrogens (tertiary/aromatic N) is 3. The zero-order chi connectivity index (χ0) is 20.0. The van der Waals surface area contributed by atoms with Crippen molar-refractivity contribution in [3.8, 4) is 0 Å². The molecule has 2 saturated heterocycles. The molecule has 0 spiro atoms. The summed E-state index contributed by atoms with van der Waals surface area (Å²) in [5.74, 6) is 1.64. The Morgan fingerprint density at radius 3 is 3.00 bits per heavy atom. The average Bonchev–Trinajstić information content (AvgIpc) is 3.10. The van der Waals surface area contributed by atoms with E-state index in [1.54, 1.807) is 4.90 Å². The maximum atomic E-state index is 12.3. The molecule has 5 rings (SSSR count). The summed E-state index contributed by atoms with van der Waals surface area (Å²) >= 11 is 0. The molecule has 1 aromatic heterocycles. The molecule has 152 valence electrons. The zero-order valence-electron chi connectivity index (χ0n) is 16.6. The van der Waals surface area contributed by atoms with E-state index in [1.165, 1.54) is 18.9 Å². The van der Waals surface area contributed by atoms with Gasteiger partial charge in [-0.3, -0.25) is 9.69 Å². The second kappa shape index (κ2) is 6.90. The lowest BCUT2D eigenvalue weighted by atomic mass is 9.88. The minimum absolute atomic E-state index is 0.0236. The number of carbonyl (C=O) groups is 2.